The van der Waals surface area contributed by atoms with Crippen LogP contribution in [-0.2, 0) is 16.1 Å². The van der Waals surface area contributed by atoms with E-state index in [0.717, 1.165) is 44.0 Å². The van der Waals surface area contributed by atoms with E-state index in [-0.39, 0.29) is 18.4 Å². The number of carbonyl (C=O) groups excluding carboxylic acids is 2. The second-order valence-corrected chi connectivity index (χ2v) is 8.42. The lowest BCUT2D eigenvalue weighted by Crippen LogP contribution is -2.35. The van der Waals surface area contributed by atoms with Gasteiger partial charge >= 0.3 is 0 Å². The van der Waals surface area contributed by atoms with E-state index in [2.05, 4.69) is 20.7 Å². The largest absolute Gasteiger partial charge is 0.497 e. The van der Waals surface area contributed by atoms with E-state index in [0.29, 0.717) is 22.7 Å². The fraction of sp³-hybridized carbons (Fsp3) is 0.250. The molecular weight excluding hydrogens is 472 g/mol. The second kappa shape index (κ2) is 13.2. The second-order valence-electron chi connectivity index (χ2n) is 8.42. The third kappa shape index (κ3) is 8.16. The Bertz CT molecular complexity index is 1190. The van der Waals surface area contributed by atoms with Gasteiger partial charge in [0.25, 0.3) is 11.8 Å². The summed E-state index contributed by atoms with van der Waals surface area (Å²) < 4.78 is 16.0. The smallest absolute Gasteiger partial charge is 0.271 e. The number of nitrogens with one attached hydrogen (secondary N) is 2. The van der Waals surface area contributed by atoms with Gasteiger partial charge in [-0.3, -0.25) is 14.5 Å². The summed E-state index contributed by atoms with van der Waals surface area (Å²) in [4.78, 5) is 26.8. The van der Waals surface area contributed by atoms with Crippen molar-refractivity contribution in [3.05, 3.63) is 89.5 Å². The van der Waals surface area contributed by atoms with Crippen LogP contribution in [0.2, 0.25) is 0 Å². The van der Waals surface area contributed by atoms with Crippen LogP contribution in [0.1, 0.15) is 21.5 Å². The zero-order valence-electron chi connectivity index (χ0n) is 20.7. The van der Waals surface area contributed by atoms with Crippen LogP contribution in [-0.4, -0.2) is 62.9 Å². The van der Waals surface area contributed by atoms with Crippen molar-refractivity contribution in [3.63, 3.8) is 0 Å². The number of ether oxygens (including phenoxy) is 3. The molecule has 9 heteroatoms. The third-order valence-electron chi connectivity index (χ3n) is 5.73. The van der Waals surface area contributed by atoms with Gasteiger partial charge in [0.2, 0.25) is 0 Å². The van der Waals surface area contributed by atoms with E-state index in [9.17, 15) is 9.59 Å². The van der Waals surface area contributed by atoms with Gasteiger partial charge in [0.1, 0.15) is 11.5 Å². The number of anilines is 1. The van der Waals surface area contributed by atoms with E-state index in [1.807, 2.05) is 12.1 Å². The van der Waals surface area contributed by atoms with Gasteiger partial charge in [0.15, 0.2) is 6.61 Å². The van der Waals surface area contributed by atoms with Crippen molar-refractivity contribution < 1.29 is 23.8 Å². The molecule has 192 valence electrons. The van der Waals surface area contributed by atoms with E-state index < -0.39 is 0 Å². The van der Waals surface area contributed by atoms with Crippen molar-refractivity contribution in [2.24, 2.45) is 5.10 Å². The Labute approximate surface area is 216 Å². The average Bonchev–Trinajstić information content (AvgIpc) is 2.94. The van der Waals surface area contributed by atoms with Crippen LogP contribution in [0.25, 0.3) is 0 Å². The van der Waals surface area contributed by atoms with Gasteiger partial charge in [-0.15, -0.1) is 0 Å². The molecule has 0 bridgehead atoms. The molecule has 0 spiro atoms. The molecule has 0 aliphatic carbocycles. The monoisotopic (exact) mass is 502 g/mol. The lowest BCUT2D eigenvalue weighted by Gasteiger charge is -2.26. The van der Waals surface area contributed by atoms with E-state index in [1.54, 1.807) is 74.0 Å². The highest BCUT2D eigenvalue weighted by Gasteiger charge is 2.11. The zero-order chi connectivity index (χ0) is 25.9. The number of hydrazone groups is 1. The van der Waals surface area contributed by atoms with Gasteiger partial charge in [-0.2, -0.15) is 5.10 Å². The van der Waals surface area contributed by atoms with Crippen molar-refractivity contribution in [1.82, 2.24) is 10.3 Å². The van der Waals surface area contributed by atoms with E-state index >= 15 is 0 Å². The molecule has 3 aromatic rings. The van der Waals surface area contributed by atoms with Gasteiger partial charge in [0, 0.05) is 30.9 Å². The van der Waals surface area contributed by atoms with E-state index in [1.165, 1.54) is 0 Å². The summed E-state index contributed by atoms with van der Waals surface area (Å²) in [5.41, 5.74) is 5.67. The van der Waals surface area contributed by atoms with Gasteiger partial charge in [-0.1, -0.05) is 12.1 Å². The lowest BCUT2D eigenvalue weighted by atomic mass is 10.1. The molecule has 0 saturated carbocycles. The fourth-order valence-corrected chi connectivity index (χ4v) is 3.68. The van der Waals surface area contributed by atoms with Gasteiger partial charge in [0.05, 0.1) is 26.5 Å². The maximum atomic E-state index is 12.4. The van der Waals surface area contributed by atoms with Crippen molar-refractivity contribution in [3.8, 4) is 11.5 Å². The lowest BCUT2D eigenvalue weighted by molar-refractivity contribution is -0.118. The number of methoxy groups -OCH3 is 1. The van der Waals surface area contributed by atoms with Gasteiger partial charge in [-0.05, 0) is 71.8 Å². The Balaban J connectivity index is 1.19. The molecule has 0 aromatic heterocycles. The molecule has 1 fully saturated rings. The standard InChI is InChI=1S/C28H30N4O5/c1-35-25-12-8-24(9-13-25)30-27(33)20-37-26-10-4-21(5-11-26)18-29-31-28(34)23-6-2-22(3-7-23)19-32-14-16-36-17-15-32/h2-13,18H,14-17,19-20H2,1H3,(H,30,33)(H,31,34)/b29-18-. The van der Waals surface area contributed by atoms with E-state index in [4.69, 9.17) is 14.2 Å². The minimum Gasteiger partial charge on any atom is -0.497 e. The predicted octanol–water partition coefficient (Wildman–Crippen LogP) is 3.31. The first-order valence-electron chi connectivity index (χ1n) is 12.0. The highest BCUT2D eigenvalue weighted by molar-refractivity contribution is 5.95. The molecule has 2 amide bonds. The Morgan fingerprint density at radius 1 is 0.946 bits per heavy atom. The van der Waals surface area contributed by atoms with Crippen LogP contribution in [0.15, 0.2) is 77.9 Å². The first-order valence-corrected chi connectivity index (χ1v) is 12.0. The highest BCUT2D eigenvalue weighted by atomic mass is 16.5. The van der Waals surface area contributed by atoms with Crippen molar-refractivity contribution in [2.75, 3.05) is 45.3 Å². The number of hydrogen-bond acceptors (Lipinski definition) is 7. The van der Waals surface area contributed by atoms with Crippen LogP contribution in [0.5, 0.6) is 11.5 Å². The maximum absolute atomic E-state index is 12.4. The maximum Gasteiger partial charge on any atom is 0.271 e. The molecule has 0 radical (unpaired) electrons. The first kappa shape index (κ1) is 25.9. The van der Waals surface area contributed by atoms with Crippen LogP contribution < -0.4 is 20.2 Å². The fourth-order valence-electron chi connectivity index (χ4n) is 3.68. The number of morpholine rings is 1. The Morgan fingerprint density at radius 2 is 1.62 bits per heavy atom. The van der Waals surface area contributed by atoms with Crippen molar-refractivity contribution in [2.45, 2.75) is 6.54 Å². The number of hydrogen-bond donors (Lipinski definition) is 2. The third-order valence-corrected chi connectivity index (χ3v) is 5.73. The number of benzene rings is 3. The van der Waals surface area contributed by atoms with Crippen LogP contribution in [0.3, 0.4) is 0 Å². The van der Waals surface area contributed by atoms with Crippen molar-refractivity contribution >= 4 is 23.7 Å². The minimum absolute atomic E-state index is 0.124. The molecule has 37 heavy (non-hydrogen) atoms. The molecule has 9 nitrogen and oxygen atoms in total. The number of nitrogens with zero attached hydrogens (tertiary/aromatic N) is 2. The Kier molecular flexibility index (Phi) is 9.23. The first-order chi connectivity index (χ1) is 18.1. The number of carbonyl (C=O) groups is 2. The molecule has 1 heterocycles. The quantitative estimate of drug-likeness (QED) is 0.326. The topological polar surface area (TPSA) is 101 Å². The summed E-state index contributed by atoms with van der Waals surface area (Å²) in [6.07, 6.45) is 1.55. The van der Waals surface area contributed by atoms with Crippen molar-refractivity contribution in [1.29, 1.82) is 0 Å². The zero-order valence-corrected chi connectivity index (χ0v) is 20.7. The predicted molar refractivity (Wildman–Crippen MR) is 141 cm³/mol. The summed E-state index contributed by atoms with van der Waals surface area (Å²) in [6.45, 7) is 4.08. The van der Waals surface area contributed by atoms with Crippen LogP contribution in [0.4, 0.5) is 5.69 Å². The van der Waals surface area contributed by atoms with Gasteiger partial charge in [-0.25, -0.2) is 5.43 Å². The number of amides is 2. The number of rotatable bonds is 10. The van der Waals surface area contributed by atoms with Gasteiger partial charge < -0.3 is 19.5 Å². The SMILES string of the molecule is COc1ccc(NC(=O)COc2ccc(/C=N\NC(=O)c3ccc(CN4CCOCC4)cc3)cc2)cc1. The molecule has 1 aliphatic rings. The normalized spacial score (nSPS) is 13.8. The Hall–Kier alpha value is -4.21. The van der Waals surface area contributed by atoms with Crippen LogP contribution in [0, 0.1) is 0 Å². The summed E-state index contributed by atoms with van der Waals surface area (Å²) in [7, 11) is 1.59. The summed E-state index contributed by atoms with van der Waals surface area (Å²) in [5.74, 6) is 0.707. The van der Waals surface area contributed by atoms with Crippen LogP contribution >= 0.6 is 0 Å². The molecule has 3 aromatic carbocycles. The summed E-state index contributed by atoms with van der Waals surface area (Å²) in [6, 6.07) is 21.6. The molecule has 0 unspecified atom stereocenters. The molecule has 0 atom stereocenters. The molecule has 1 saturated heterocycles. The molecule has 2 N–H and O–H groups in total. The average molecular weight is 503 g/mol. The molecular formula is C28H30N4O5. The molecule has 4 rings (SSSR count). The summed E-state index contributed by atoms with van der Waals surface area (Å²) in [5, 5.41) is 6.80. The summed E-state index contributed by atoms with van der Waals surface area (Å²) >= 11 is 0. The Morgan fingerprint density at radius 3 is 2.30 bits per heavy atom. The highest BCUT2D eigenvalue weighted by Crippen LogP contribution is 2.16. The minimum atomic E-state index is -0.281. The molecule has 1 aliphatic heterocycles.